The third kappa shape index (κ3) is 7.87. The van der Waals surface area contributed by atoms with Crippen LogP contribution in [-0.2, 0) is 19.1 Å². The molecule has 7 nitrogen and oxygen atoms in total. The first kappa shape index (κ1) is 22.3. The Morgan fingerprint density at radius 1 is 0.931 bits per heavy atom. The van der Waals surface area contributed by atoms with Crippen LogP contribution in [0.25, 0.3) is 0 Å². The smallest absolute Gasteiger partial charge is 0.316 e. The van der Waals surface area contributed by atoms with E-state index in [0.717, 1.165) is 22.9 Å². The normalized spacial score (nSPS) is 10.2. The summed E-state index contributed by atoms with van der Waals surface area (Å²) in [5.41, 5.74) is 3.22. The molecule has 0 heterocycles. The zero-order valence-corrected chi connectivity index (χ0v) is 17.4. The average Bonchev–Trinajstić information content (AvgIpc) is 2.66. The summed E-state index contributed by atoms with van der Waals surface area (Å²) < 4.78 is 10.1. The van der Waals surface area contributed by atoms with Gasteiger partial charge in [0.1, 0.15) is 5.75 Å². The third-order valence-corrected chi connectivity index (χ3v) is 4.65. The molecule has 0 spiro atoms. The van der Waals surface area contributed by atoms with Crippen LogP contribution in [0.5, 0.6) is 5.75 Å². The van der Waals surface area contributed by atoms with Gasteiger partial charge in [0.25, 0.3) is 5.91 Å². The maximum absolute atomic E-state index is 12.0. The van der Waals surface area contributed by atoms with Gasteiger partial charge in [0, 0.05) is 5.69 Å². The molecule has 8 heteroatoms. The van der Waals surface area contributed by atoms with Crippen molar-refractivity contribution >= 4 is 40.9 Å². The van der Waals surface area contributed by atoms with Crippen LogP contribution in [0.1, 0.15) is 11.1 Å². The average molecular weight is 416 g/mol. The van der Waals surface area contributed by atoms with Gasteiger partial charge >= 0.3 is 5.97 Å². The molecule has 29 heavy (non-hydrogen) atoms. The number of esters is 1. The number of hydrogen-bond acceptors (Lipinski definition) is 6. The van der Waals surface area contributed by atoms with Crippen molar-refractivity contribution < 1.29 is 23.9 Å². The van der Waals surface area contributed by atoms with Crippen molar-refractivity contribution in [2.24, 2.45) is 0 Å². The van der Waals surface area contributed by atoms with Crippen LogP contribution >= 0.6 is 11.8 Å². The Morgan fingerprint density at radius 3 is 2.41 bits per heavy atom. The molecular formula is C21H24N2O5S. The second kappa shape index (κ2) is 11.1. The summed E-state index contributed by atoms with van der Waals surface area (Å²) in [6.45, 7) is 3.42. The molecule has 0 aliphatic heterocycles. The molecule has 0 unspecified atom stereocenters. The first-order valence-corrected chi connectivity index (χ1v) is 10.1. The fraction of sp³-hybridized carbons (Fsp3) is 0.286. The zero-order valence-electron chi connectivity index (χ0n) is 16.6. The summed E-state index contributed by atoms with van der Waals surface area (Å²) in [7, 11) is 1.51. The molecule has 2 amide bonds. The summed E-state index contributed by atoms with van der Waals surface area (Å²) in [5.74, 6) is -0.643. The molecule has 2 N–H and O–H groups in total. The van der Waals surface area contributed by atoms with Crippen LogP contribution in [0, 0.1) is 13.8 Å². The number of amides is 2. The molecule has 2 aromatic carbocycles. The second-order valence-corrected chi connectivity index (χ2v) is 7.31. The van der Waals surface area contributed by atoms with E-state index in [0.29, 0.717) is 17.1 Å². The SMILES string of the molecule is COc1ccc(C)cc1NC(=O)COC(=O)CSCC(=O)Nc1cccc(C)c1. The van der Waals surface area contributed by atoms with Crippen molar-refractivity contribution in [1.29, 1.82) is 0 Å². The molecule has 0 aromatic heterocycles. The Balaban J connectivity index is 1.68. The molecule has 0 fully saturated rings. The Kier molecular flexibility index (Phi) is 8.54. The molecule has 2 rings (SSSR count). The second-order valence-electron chi connectivity index (χ2n) is 6.32. The minimum absolute atomic E-state index is 0.0255. The third-order valence-electron chi connectivity index (χ3n) is 3.75. The number of anilines is 2. The van der Waals surface area contributed by atoms with Crippen LogP contribution in [0.3, 0.4) is 0 Å². The summed E-state index contributed by atoms with van der Waals surface area (Å²) in [4.78, 5) is 35.7. The predicted molar refractivity (Wildman–Crippen MR) is 114 cm³/mol. The quantitative estimate of drug-likeness (QED) is 0.610. The molecule has 0 radical (unpaired) electrons. The topological polar surface area (TPSA) is 93.7 Å². The summed E-state index contributed by atoms with van der Waals surface area (Å²) in [6, 6.07) is 12.8. The lowest BCUT2D eigenvalue weighted by Gasteiger charge is -2.11. The Bertz CT molecular complexity index is 885. The van der Waals surface area contributed by atoms with Crippen molar-refractivity contribution in [3.8, 4) is 5.75 Å². The van der Waals surface area contributed by atoms with Gasteiger partial charge in [-0.25, -0.2) is 0 Å². The highest BCUT2D eigenvalue weighted by atomic mass is 32.2. The largest absolute Gasteiger partial charge is 0.495 e. The number of thioether (sulfide) groups is 1. The van der Waals surface area contributed by atoms with E-state index in [-0.39, 0.29) is 17.4 Å². The van der Waals surface area contributed by atoms with E-state index < -0.39 is 18.5 Å². The van der Waals surface area contributed by atoms with Gasteiger partial charge in [0.2, 0.25) is 5.91 Å². The molecule has 0 aliphatic carbocycles. The summed E-state index contributed by atoms with van der Waals surface area (Å²) >= 11 is 1.12. The van der Waals surface area contributed by atoms with Crippen LogP contribution in [0.4, 0.5) is 11.4 Å². The number of benzene rings is 2. The van der Waals surface area contributed by atoms with E-state index in [1.54, 1.807) is 18.2 Å². The van der Waals surface area contributed by atoms with Gasteiger partial charge in [0.15, 0.2) is 6.61 Å². The van der Waals surface area contributed by atoms with Crippen LogP contribution in [0.15, 0.2) is 42.5 Å². The van der Waals surface area contributed by atoms with E-state index in [4.69, 9.17) is 9.47 Å². The maximum atomic E-state index is 12.0. The fourth-order valence-corrected chi connectivity index (χ4v) is 3.05. The van der Waals surface area contributed by atoms with Gasteiger partial charge in [0.05, 0.1) is 24.3 Å². The van der Waals surface area contributed by atoms with Crippen molar-refractivity contribution in [2.45, 2.75) is 13.8 Å². The standard InChI is InChI=1S/C21H24N2O5S/c1-14-5-4-6-16(9-14)22-20(25)12-29-13-21(26)28-11-19(24)23-17-10-15(2)7-8-18(17)27-3/h4-10H,11-13H2,1-3H3,(H,22,25)(H,23,24). The van der Waals surface area contributed by atoms with Crippen LogP contribution < -0.4 is 15.4 Å². The van der Waals surface area contributed by atoms with E-state index in [9.17, 15) is 14.4 Å². The van der Waals surface area contributed by atoms with E-state index in [1.165, 1.54) is 7.11 Å². The Hall–Kier alpha value is -3.00. The minimum Gasteiger partial charge on any atom is -0.495 e. The molecule has 2 aromatic rings. The monoisotopic (exact) mass is 416 g/mol. The van der Waals surface area contributed by atoms with E-state index in [1.807, 2.05) is 38.1 Å². The number of carbonyl (C=O) groups excluding carboxylic acids is 3. The molecule has 0 saturated carbocycles. The van der Waals surface area contributed by atoms with E-state index in [2.05, 4.69) is 10.6 Å². The lowest BCUT2D eigenvalue weighted by Crippen LogP contribution is -2.22. The zero-order chi connectivity index (χ0) is 21.2. The van der Waals surface area contributed by atoms with Crippen molar-refractivity contribution in [3.05, 3.63) is 53.6 Å². The molecule has 0 saturated heterocycles. The molecule has 0 bridgehead atoms. The number of rotatable bonds is 9. The van der Waals surface area contributed by atoms with Crippen molar-refractivity contribution in [1.82, 2.24) is 0 Å². The summed E-state index contributed by atoms with van der Waals surface area (Å²) in [6.07, 6.45) is 0. The van der Waals surface area contributed by atoms with Gasteiger partial charge in [-0.3, -0.25) is 14.4 Å². The van der Waals surface area contributed by atoms with Crippen LogP contribution in [-0.4, -0.2) is 43.0 Å². The number of aryl methyl sites for hydroxylation is 2. The minimum atomic E-state index is -0.565. The van der Waals surface area contributed by atoms with Crippen molar-refractivity contribution in [2.75, 3.05) is 35.9 Å². The molecular weight excluding hydrogens is 392 g/mol. The fourth-order valence-electron chi connectivity index (χ4n) is 2.44. The number of hydrogen-bond donors (Lipinski definition) is 2. The van der Waals surface area contributed by atoms with Gasteiger partial charge in [-0.05, 0) is 49.2 Å². The lowest BCUT2D eigenvalue weighted by molar-refractivity contribution is -0.144. The Labute approximate surface area is 174 Å². The van der Waals surface area contributed by atoms with Gasteiger partial charge < -0.3 is 20.1 Å². The predicted octanol–water partition coefficient (Wildman–Crippen LogP) is 3.17. The highest BCUT2D eigenvalue weighted by Gasteiger charge is 2.12. The number of methoxy groups -OCH3 is 1. The number of nitrogens with one attached hydrogen (secondary N) is 2. The van der Waals surface area contributed by atoms with Gasteiger partial charge in [-0.15, -0.1) is 11.8 Å². The van der Waals surface area contributed by atoms with Crippen LogP contribution in [0.2, 0.25) is 0 Å². The van der Waals surface area contributed by atoms with Gasteiger partial charge in [-0.1, -0.05) is 18.2 Å². The van der Waals surface area contributed by atoms with Crippen molar-refractivity contribution in [3.63, 3.8) is 0 Å². The molecule has 0 atom stereocenters. The first-order chi connectivity index (χ1) is 13.9. The maximum Gasteiger partial charge on any atom is 0.316 e. The number of ether oxygens (including phenoxy) is 2. The van der Waals surface area contributed by atoms with E-state index >= 15 is 0 Å². The highest BCUT2D eigenvalue weighted by Crippen LogP contribution is 2.25. The Morgan fingerprint density at radius 2 is 1.69 bits per heavy atom. The molecule has 154 valence electrons. The number of carbonyl (C=O) groups is 3. The van der Waals surface area contributed by atoms with Gasteiger partial charge in [-0.2, -0.15) is 0 Å². The summed E-state index contributed by atoms with van der Waals surface area (Å²) in [5, 5.41) is 5.41. The lowest BCUT2D eigenvalue weighted by atomic mass is 10.2. The first-order valence-electron chi connectivity index (χ1n) is 8.91. The molecule has 0 aliphatic rings. The highest BCUT2D eigenvalue weighted by molar-refractivity contribution is 8.00.